The molecule has 156 valence electrons. The lowest BCUT2D eigenvalue weighted by molar-refractivity contribution is -0.194. The molecule has 0 N–H and O–H groups in total. The minimum absolute atomic E-state index is 0.0354. The second-order valence-corrected chi connectivity index (χ2v) is 5.77. The van der Waals surface area contributed by atoms with Gasteiger partial charge in [0.1, 0.15) is 0 Å². The van der Waals surface area contributed by atoms with Crippen molar-refractivity contribution in [1.82, 2.24) is 0 Å². The van der Waals surface area contributed by atoms with Crippen molar-refractivity contribution in [3.8, 4) is 0 Å². The maximum atomic E-state index is 12.8. The fourth-order valence-electron chi connectivity index (χ4n) is 2.76. The molecule has 0 rings (SSSR count). The van der Waals surface area contributed by atoms with Crippen molar-refractivity contribution in [3.05, 3.63) is 0 Å². The Bertz CT molecular complexity index is 454. The van der Waals surface area contributed by atoms with E-state index in [0.29, 0.717) is 6.42 Å². The number of carbonyl (C=O) groups is 4. The third-order valence-electron chi connectivity index (χ3n) is 3.98. The standard InChI is InChI=1S/C19H32O8/c1-6-11-12-13-14(15(20)24-7-2)19(16(21)25-8-3,17(22)26-9-4)18(23)27-10-5/h14H,6-13H2,1-5H3. The van der Waals surface area contributed by atoms with Crippen LogP contribution >= 0.6 is 0 Å². The average molecular weight is 388 g/mol. The van der Waals surface area contributed by atoms with E-state index in [1.165, 1.54) is 20.8 Å². The number of hydrogen-bond donors (Lipinski definition) is 0. The topological polar surface area (TPSA) is 105 Å². The zero-order valence-electron chi connectivity index (χ0n) is 17.0. The molecule has 1 unspecified atom stereocenters. The lowest BCUT2D eigenvalue weighted by atomic mass is 9.72. The lowest BCUT2D eigenvalue weighted by Crippen LogP contribution is -2.57. The lowest BCUT2D eigenvalue weighted by Gasteiger charge is -2.32. The number of carbonyl (C=O) groups excluding carboxylic acids is 4. The molecular weight excluding hydrogens is 356 g/mol. The fourth-order valence-corrected chi connectivity index (χ4v) is 2.76. The molecular formula is C19H32O8. The van der Waals surface area contributed by atoms with Crippen molar-refractivity contribution in [2.45, 2.75) is 60.3 Å². The van der Waals surface area contributed by atoms with Gasteiger partial charge in [0.05, 0.1) is 32.3 Å². The van der Waals surface area contributed by atoms with Crippen molar-refractivity contribution in [2.75, 3.05) is 26.4 Å². The van der Waals surface area contributed by atoms with Gasteiger partial charge in [-0.3, -0.25) is 19.2 Å². The van der Waals surface area contributed by atoms with Gasteiger partial charge in [-0.15, -0.1) is 0 Å². The first kappa shape index (κ1) is 24.9. The predicted octanol–water partition coefficient (Wildman–Crippen LogP) is 2.42. The number of esters is 4. The number of rotatable bonds is 13. The molecule has 0 aliphatic rings. The van der Waals surface area contributed by atoms with Gasteiger partial charge < -0.3 is 18.9 Å². The summed E-state index contributed by atoms with van der Waals surface area (Å²) in [6.45, 7) is 7.97. The third kappa shape index (κ3) is 6.22. The normalized spacial score (nSPS) is 12.0. The summed E-state index contributed by atoms with van der Waals surface area (Å²) in [6, 6.07) is 0. The summed E-state index contributed by atoms with van der Waals surface area (Å²) in [5.41, 5.74) is -2.54. The van der Waals surface area contributed by atoms with E-state index in [2.05, 4.69) is 0 Å². The molecule has 0 saturated heterocycles. The highest BCUT2D eigenvalue weighted by atomic mass is 16.6. The van der Waals surface area contributed by atoms with Crippen molar-refractivity contribution < 1.29 is 38.1 Å². The van der Waals surface area contributed by atoms with Gasteiger partial charge >= 0.3 is 23.9 Å². The number of hydrogen-bond acceptors (Lipinski definition) is 8. The van der Waals surface area contributed by atoms with Crippen molar-refractivity contribution in [2.24, 2.45) is 11.3 Å². The maximum absolute atomic E-state index is 12.8. The van der Waals surface area contributed by atoms with Crippen LogP contribution in [0.25, 0.3) is 0 Å². The zero-order chi connectivity index (χ0) is 20.9. The Hall–Kier alpha value is -2.12. The summed E-state index contributed by atoms with van der Waals surface area (Å²) in [5, 5.41) is 0. The Kier molecular flexibility index (Phi) is 12.1. The minimum atomic E-state index is -2.54. The quantitative estimate of drug-likeness (QED) is 0.205. The summed E-state index contributed by atoms with van der Waals surface area (Å²) >= 11 is 0. The summed E-state index contributed by atoms with van der Waals surface area (Å²) in [4.78, 5) is 51.2. The highest BCUT2D eigenvalue weighted by Crippen LogP contribution is 2.38. The van der Waals surface area contributed by atoms with Crippen LogP contribution in [0.4, 0.5) is 0 Å². The third-order valence-corrected chi connectivity index (χ3v) is 3.98. The van der Waals surface area contributed by atoms with Crippen LogP contribution in [0.1, 0.15) is 60.3 Å². The first-order valence-corrected chi connectivity index (χ1v) is 9.56. The molecule has 0 fully saturated rings. The van der Waals surface area contributed by atoms with Gasteiger partial charge in [-0.05, 0) is 34.1 Å². The van der Waals surface area contributed by atoms with E-state index in [1.807, 2.05) is 6.92 Å². The summed E-state index contributed by atoms with van der Waals surface area (Å²) in [6.07, 6.45) is 2.20. The van der Waals surface area contributed by atoms with Crippen LogP contribution in [-0.4, -0.2) is 50.3 Å². The smallest absolute Gasteiger partial charge is 0.336 e. The Morgan fingerprint density at radius 3 is 1.41 bits per heavy atom. The Morgan fingerprint density at radius 2 is 1.07 bits per heavy atom. The summed E-state index contributed by atoms with van der Waals surface area (Å²) in [7, 11) is 0. The van der Waals surface area contributed by atoms with Crippen molar-refractivity contribution in [3.63, 3.8) is 0 Å². The van der Waals surface area contributed by atoms with E-state index < -0.39 is 35.2 Å². The van der Waals surface area contributed by atoms with E-state index in [4.69, 9.17) is 18.9 Å². The zero-order valence-corrected chi connectivity index (χ0v) is 17.0. The van der Waals surface area contributed by atoms with Gasteiger partial charge in [0.25, 0.3) is 5.41 Å². The molecule has 0 aliphatic carbocycles. The molecule has 8 nitrogen and oxygen atoms in total. The molecule has 27 heavy (non-hydrogen) atoms. The molecule has 0 bridgehead atoms. The van der Waals surface area contributed by atoms with E-state index in [1.54, 1.807) is 6.92 Å². The first-order chi connectivity index (χ1) is 12.9. The van der Waals surface area contributed by atoms with Gasteiger partial charge in [0, 0.05) is 0 Å². The highest BCUT2D eigenvalue weighted by Gasteiger charge is 2.65. The van der Waals surface area contributed by atoms with Crippen LogP contribution < -0.4 is 0 Å². The van der Waals surface area contributed by atoms with E-state index >= 15 is 0 Å². The van der Waals surface area contributed by atoms with Crippen LogP contribution in [-0.2, 0) is 38.1 Å². The van der Waals surface area contributed by atoms with Crippen LogP contribution in [0.5, 0.6) is 0 Å². The minimum Gasteiger partial charge on any atom is -0.466 e. The summed E-state index contributed by atoms with van der Waals surface area (Å²) in [5.74, 6) is -5.69. The van der Waals surface area contributed by atoms with E-state index in [-0.39, 0.29) is 32.8 Å². The van der Waals surface area contributed by atoms with Crippen LogP contribution in [0.15, 0.2) is 0 Å². The van der Waals surface area contributed by atoms with Crippen molar-refractivity contribution >= 4 is 23.9 Å². The Labute approximate surface area is 160 Å². The molecule has 0 aliphatic heterocycles. The van der Waals surface area contributed by atoms with Gasteiger partial charge in [0.15, 0.2) is 0 Å². The molecule has 0 radical (unpaired) electrons. The Balaban J connectivity index is 6.41. The van der Waals surface area contributed by atoms with Gasteiger partial charge in [-0.25, -0.2) is 0 Å². The van der Waals surface area contributed by atoms with Crippen LogP contribution in [0.3, 0.4) is 0 Å². The van der Waals surface area contributed by atoms with Gasteiger partial charge in [-0.2, -0.15) is 0 Å². The molecule has 0 aromatic rings. The fraction of sp³-hybridized carbons (Fsp3) is 0.789. The maximum Gasteiger partial charge on any atom is 0.336 e. The predicted molar refractivity (Wildman–Crippen MR) is 96.6 cm³/mol. The average Bonchev–Trinajstić information content (AvgIpc) is 2.62. The second-order valence-electron chi connectivity index (χ2n) is 5.77. The van der Waals surface area contributed by atoms with Gasteiger partial charge in [0.2, 0.25) is 0 Å². The molecule has 0 amide bonds. The monoisotopic (exact) mass is 388 g/mol. The molecule has 0 aromatic heterocycles. The van der Waals surface area contributed by atoms with Crippen LogP contribution in [0.2, 0.25) is 0 Å². The second kappa shape index (κ2) is 13.1. The molecule has 0 aromatic carbocycles. The molecule has 0 spiro atoms. The van der Waals surface area contributed by atoms with Gasteiger partial charge in [-0.1, -0.05) is 26.2 Å². The van der Waals surface area contributed by atoms with E-state index in [0.717, 1.165) is 12.8 Å². The first-order valence-electron chi connectivity index (χ1n) is 9.56. The molecule has 8 heteroatoms. The number of ether oxygens (including phenoxy) is 4. The number of unbranched alkanes of at least 4 members (excludes halogenated alkanes) is 2. The Morgan fingerprint density at radius 1 is 0.667 bits per heavy atom. The largest absolute Gasteiger partial charge is 0.466 e. The molecule has 0 saturated carbocycles. The van der Waals surface area contributed by atoms with E-state index in [9.17, 15) is 19.2 Å². The summed E-state index contributed by atoms with van der Waals surface area (Å²) < 4.78 is 20.1. The molecule has 0 heterocycles. The van der Waals surface area contributed by atoms with Crippen LogP contribution in [0, 0.1) is 11.3 Å². The molecule has 1 atom stereocenters. The highest BCUT2D eigenvalue weighted by molar-refractivity contribution is 6.20. The van der Waals surface area contributed by atoms with Crippen molar-refractivity contribution in [1.29, 1.82) is 0 Å². The SMILES string of the molecule is CCCCCC(C(=O)OCC)C(C(=O)OCC)(C(=O)OCC)C(=O)OCC.